The summed E-state index contributed by atoms with van der Waals surface area (Å²) in [7, 11) is 4.04. The molecule has 3 N–H and O–H groups in total. The van der Waals surface area contributed by atoms with Crippen molar-refractivity contribution in [3.8, 4) is 0 Å². The molecule has 0 saturated carbocycles. The molecule has 0 aromatic heterocycles. The van der Waals surface area contributed by atoms with Crippen molar-refractivity contribution in [1.82, 2.24) is 4.90 Å². The SMILES string of the molecule is CC(C)C(CN(C)C)Nc1cccc(F)c1N. The highest BCUT2D eigenvalue weighted by atomic mass is 19.1. The molecule has 17 heavy (non-hydrogen) atoms. The molecule has 0 aliphatic carbocycles. The van der Waals surface area contributed by atoms with Gasteiger partial charge < -0.3 is 16.0 Å². The second-order valence-corrected chi connectivity index (χ2v) is 4.96. The van der Waals surface area contributed by atoms with E-state index in [1.165, 1.54) is 6.07 Å². The molecule has 0 aliphatic rings. The van der Waals surface area contributed by atoms with Crippen molar-refractivity contribution in [2.24, 2.45) is 5.92 Å². The van der Waals surface area contributed by atoms with E-state index in [0.717, 1.165) is 6.54 Å². The number of nitrogens with zero attached hydrogens (tertiary/aromatic N) is 1. The maximum absolute atomic E-state index is 13.3. The van der Waals surface area contributed by atoms with Gasteiger partial charge in [0.05, 0.1) is 11.4 Å². The number of nitrogens with one attached hydrogen (secondary N) is 1. The monoisotopic (exact) mass is 239 g/mol. The van der Waals surface area contributed by atoms with E-state index in [2.05, 4.69) is 24.1 Å². The summed E-state index contributed by atoms with van der Waals surface area (Å²) >= 11 is 0. The van der Waals surface area contributed by atoms with Gasteiger partial charge in [-0.15, -0.1) is 0 Å². The molecule has 1 aromatic rings. The van der Waals surface area contributed by atoms with Crippen LogP contribution in [-0.2, 0) is 0 Å². The molecule has 1 aromatic carbocycles. The standard InChI is InChI=1S/C13H22FN3/c1-9(2)12(8-17(3)4)16-11-7-5-6-10(14)13(11)15/h5-7,9,12,16H,8,15H2,1-4H3. The fourth-order valence-corrected chi connectivity index (χ4v) is 1.68. The molecule has 3 nitrogen and oxygen atoms in total. The summed E-state index contributed by atoms with van der Waals surface area (Å²) in [5.74, 6) is 0.0717. The summed E-state index contributed by atoms with van der Waals surface area (Å²) in [4.78, 5) is 2.10. The molecule has 1 unspecified atom stereocenters. The Morgan fingerprint density at radius 2 is 2.00 bits per heavy atom. The summed E-state index contributed by atoms with van der Waals surface area (Å²) in [5, 5.41) is 3.31. The van der Waals surface area contributed by atoms with Crippen LogP contribution in [-0.4, -0.2) is 31.6 Å². The van der Waals surface area contributed by atoms with Crippen molar-refractivity contribution >= 4 is 11.4 Å². The normalized spacial score (nSPS) is 13.1. The Morgan fingerprint density at radius 3 is 2.53 bits per heavy atom. The van der Waals surface area contributed by atoms with Gasteiger partial charge in [-0.1, -0.05) is 19.9 Å². The topological polar surface area (TPSA) is 41.3 Å². The van der Waals surface area contributed by atoms with Crippen LogP contribution in [0.4, 0.5) is 15.8 Å². The third kappa shape index (κ3) is 3.89. The van der Waals surface area contributed by atoms with Gasteiger partial charge in [-0.2, -0.15) is 0 Å². The first-order valence-electron chi connectivity index (χ1n) is 5.87. The van der Waals surface area contributed by atoms with Crippen LogP contribution in [0.1, 0.15) is 13.8 Å². The Hall–Kier alpha value is -1.29. The first-order chi connectivity index (χ1) is 7.91. The van der Waals surface area contributed by atoms with Crippen LogP contribution in [0.25, 0.3) is 0 Å². The fourth-order valence-electron chi connectivity index (χ4n) is 1.68. The van der Waals surface area contributed by atoms with Crippen LogP contribution in [0.15, 0.2) is 18.2 Å². The smallest absolute Gasteiger partial charge is 0.148 e. The zero-order chi connectivity index (χ0) is 13.0. The van der Waals surface area contributed by atoms with Gasteiger partial charge in [0.15, 0.2) is 0 Å². The van der Waals surface area contributed by atoms with Crippen molar-refractivity contribution < 1.29 is 4.39 Å². The number of rotatable bonds is 5. The van der Waals surface area contributed by atoms with Gasteiger partial charge in [0, 0.05) is 12.6 Å². The average Bonchev–Trinajstić information content (AvgIpc) is 2.22. The second-order valence-electron chi connectivity index (χ2n) is 4.96. The predicted molar refractivity (Wildman–Crippen MR) is 71.6 cm³/mol. The molecular formula is C13H22FN3. The van der Waals surface area contributed by atoms with Crippen molar-refractivity contribution in [2.45, 2.75) is 19.9 Å². The van der Waals surface area contributed by atoms with E-state index in [1.807, 2.05) is 20.2 Å². The Kier molecular flexibility index (Phi) is 4.75. The third-order valence-corrected chi connectivity index (χ3v) is 2.76. The quantitative estimate of drug-likeness (QED) is 0.775. The maximum atomic E-state index is 13.3. The molecule has 1 atom stereocenters. The molecule has 1 rings (SSSR count). The summed E-state index contributed by atoms with van der Waals surface area (Å²) in [6.45, 7) is 5.15. The van der Waals surface area contributed by atoms with Gasteiger partial charge in [0.2, 0.25) is 0 Å². The summed E-state index contributed by atoms with van der Waals surface area (Å²) in [6, 6.07) is 5.09. The summed E-state index contributed by atoms with van der Waals surface area (Å²) in [5.41, 5.74) is 6.57. The van der Waals surface area contributed by atoms with Crippen LogP contribution in [0.5, 0.6) is 0 Å². The zero-order valence-corrected chi connectivity index (χ0v) is 11.0. The molecule has 0 amide bonds. The third-order valence-electron chi connectivity index (χ3n) is 2.76. The van der Waals surface area contributed by atoms with E-state index in [1.54, 1.807) is 6.07 Å². The molecule has 0 radical (unpaired) electrons. The number of hydrogen-bond acceptors (Lipinski definition) is 3. The summed E-state index contributed by atoms with van der Waals surface area (Å²) < 4.78 is 13.3. The number of benzene rings is 1. The van der Waals surface area contributed by atoms with E-state index < -0.39 is 0 Å². The van der Waals surface area contributed by atoms with E-state index in [0.29, 0.717) is 11.6 Å². The molecule has 0 aliphatic heterocycles. The minimum Gasteiger partial charge on any atom is -0.395 e. The van der Waals surface area contributed by atoms with Gasteiger partial charge in [-0.05, 0) is 32.1 Å². The van der Waals surface area contributed by atoms with Crippen molar-refractivity contribution in [1.29, 1.82) is 0 Å². The van der Waals surface area contributed by atoms with Crippen molar-refractivity contribution in [3.63, 3.8) is 0 Å². The highest BCUT2D eigenvalue weighted by Gasteiger charge is 2.16. The van der Waals surface area contributed by atoms with Crippen LogP contribution in [0, 0.1) is 11.7 Å². The number of nitrogen functional groups attached to an aromatic ring is 1. The number of hydrogen-bond donors (Lipinski definition) is 2. The predicted octanol–water partition coefficient (Wildman–Crippen LogP) is 2.41. The number of likely N-dealkylation sites (N-methyl/N-ethyl adjacent to an activating group) is 1. The molecule has 0 saturated heterocycles. The number of halogens is 1. The largest absolute Gasteiger partial charge is 0.395 e. The van der Waals surface area contributed by atoms with Gasteiger partial charge in [-0.3, -0.25) is 0 Å². The van der Waals surface area contributed by atoms with Crippen LogP contribution in [0.2, 0.25) is 0 Å². The molecule has 4 heteroatoms. The van der Waals surface area contributed by atoms with Gasteiger partial charge in [0.25, 0.3) is 0 Å². The molecule has 0 spiro atoms. The second kappa shape index (κ2) is 5.87. The van der Waals surface area contributed by atoms with Gasteiger partial charge in [-0.25, -0.2) is 4.39 Å². The van der Waals surface area contributed by atoms with Crippen molar-refractivity contribution in [3.05, 3.63) is 24.0 Å². The van der Waals surface area contributed by atoms with E-state index in [4.69, 9.17) is 5.73 Å². The lowest BCUT2D eigenvalue weighted by Gasteiger charge is -2.27. The van der Waals surface area contributed by atoms with Crippen LogP contribution in [0.3, 0.4) is 0 Å². The number of anilines is 2. The van der Waals surface area contributed by atoms with Crippen LogP contribution < -0.4 is 11.1 Å². The Labute approximate surface area is 103 Å². The first-order valence-corrected chi connectivity index (χ1v) is 5.87. The molecule has 0 heterocycles. The number of nitrogens with two attached hydrogens (primary N) is 1. The minimum atomic E-state index is -0.373. The molecular weight excluding hydrogens is 217 g/mol. The highest BCUT2D eigenvalue weighted by Crippen LogP contribution is 2.23. The average molecular weight is 239 g/mol. The summed E-state index contributed by atoms with van der Waals surface area (Å²) in [6.07, 6.45) is 0. The Bertz CT molecular complexity index is 364. The molecule has 0 bridgehead atoms. The lowest BCUT2D eigenvalue weighted by atomic mass is 10.0. The Morgan fingerprint density at radius 1 is 1.35 bits per heavy atom. The minimum absolute atomic E-state index is 0.192. The molecule has 96 valence electrons. The number of para-hydroxylation sites is 1. The van der Waals surface area contributed by atoms with Crippen LogP contribution >= 0.6 is 0 Å². The maximum Gasteiger partial charge on any atom is 0.148 e. The lowest BCUT2D eigenvalue weighted by Crippen LogP contribution is -2.36. The van der Waals surface area contributed by atoms with Crippen molar-refractivity contribution in [2.75, 3.05) is 31.7 Å². The van der Waals surface area contributed by atoms with Gasteiger partial charge >= 0.3 is 0 Å². The van der Waals surface area contributed by atoms with E-state index in [9.17, 15) is 4.39 Å². The lowest BCUT2D eigenvalue weighted by molar-refractivity contribution is 0.344. The highest BCUT2D eigenvalue weighted by molar-refractivity contribution is 5.66. The van der Waals surface area contributed by atoms with E-state index in [-0.39, 0.29) is 17.5 Å². The fraction of sp³-hybridized carbons (Fsp3) is 0.538. The zero-order valence-electron chi connectivity index (χ0n) is 11.0. The molecule has 0 fully saturated rings. The van der Waals surface area contributed by atoms with Gasteiger partial charge in [0.1, 0.15) is 5.82 Å². The first kappa shape index (κ1) is 13.8. The Balaban J connectivity index is 2.82. The van der Waals surface area contributed by atoms with E-state index >= 15 is 0 Å².